The largest absolute Gasteiger partial charge is 0.337 e. The van der Waals surface area contributed by atoms with Gasteiger partial charge < -0.3 is 10.6 Å². The predicted octanol–water partition coefficient (Wildman–Crippen LogP) is 2.63. The molecule has 1 heterocycles. The Morgan fingerprint density at radius 1 is 1.25 bits per heavy atom. The monoisotopic (exact) mass is 329 g/mol. The number of likely N-dealkylation sites (tertiary alicyclic amines) is 1. The molecule has 0 bridgehead atoms. The van der Waals surface area contributed by atoms with Crippen LogP contribution in [0.4, 0.5) is 0 Å². The summed E-state index contributed by atoms with van der Waals surface area (Å²) in [5, 5.41) is 0. The third-order valence-electron chi connectivity index (χ3n) is 5.40. The average Bonchev–Trinajstić information content (AvgIpc) is 3.33. The standard InChI is InChI=1S/C20H31N3O/c1-15(2)19(21)20(24)23-12-6-9-18(23)14-22(17-10-11-17)13-16-7-4-3-5-8-16/h3-5,7-8,15,17-19H,6,9-14,21H2,1-2H3/t18?,19-/m0/s1. The lowest BCUT2D eigenvalue weighted by molar-refractivity contribution is -0.134. The second-order valence-corrected chi connectivity index (χ2v) is 7.74. The van der Waals surface area contributed by atoms with E-state index in [2.05, 4.69) is 40.1 Å². The van der Waals surface area contributed by atoms with Crippen molar-refractivity contribution in [1.29, 1.82) is 0 Å². The van der Waals surface area contributed by atoms with Crippen LogP contribution in [0.2, 0.25) is 0 Å². The molecule has 1 amide bonds. The fourth-order valence-electron chi connectivity index (χ4n) is 3.66. The molecule has 1 aliphatic heterocycles. The van der Waals surface area contributed by atoms with Crippen LogP contribution in [0.25, 0.3) is 0 Å². The van der Waals surface area contributed by atoms with Crippen LogP contribution in [-0.2, 0) is 11.3 Å². The van der Waals surface area contributed by atoms with Crippen LogP contribution in [0.3, 0.4) is 0 Å². The van der Waals surface area contributed by atoms with Crippen LogP contribution < -0.4 is 5.73 Å². The second-order valence-electron chi connectivity index (χ2n) is 7.74. The van der Waals surface area contributed by atoms with Gasteiger partial charge in [0.05, 0.1) is 6.04 Å². The number of hydrogen-bond acceptors (Lipinski definition) is 3. The fraction of sp³-hybridized carbons (Fsp3) is 0.650. The highest BCUT2D eigenvalue weighted by Gasteiger charge is 2.37. The summed E-state index contributed by atoms with van der Waals surface area (Å²) < 4.78 is 0. The molecule has 2 N–H and O–H groups in total. The molecule has 1 aromatic rings. The summed E-state index contributed by atoms with van der Waals surface area (Å²) >= 11 is 0. The first-order valence-corrected chi connectivity index (χ1v) is 9.40. The molecule has 3 rings (SSSR count). The maximum atomic E-state index is 12.7. The molecule has 2 fully saturated rings. The molecule has 1 unspecified atom stereocenters. The van der Waals surface area contributed by atoms with Gasteiger partial charge in [-0.3, -0.25) is 9.69 Å². The summed E-state index contributed by atoms with van der Waals surface area (Å²) in [4.78, 5) is 17.3. The Labute approximate surface area is 146 Å². The lowest BCUT2D eigenvalue weighted by Gasteiger charge is -2.33. The number of hydrogen-bond donors (Lipinski definition) is 1. The van der Waals surface area contributed by atoms with E-state index in [1.807, 2.05) is 13.8 Å². The van der Waals surface area contributed by atoms with Crippen LogP contribution in [0.1, 0.15) is 45.1 Å². The molecule has 1 saturated heterocycles. The van der Waals surface area contributed by atoms with E-state index < -0.39 is 0 Å². The van der Waals surface area contributed by atoms with Crippen LogP contribution in [0.15, 0.2) is 30.3 Å². The van der Waals surface area contributed by atoms with Crippen molar-refractivity contribution in [3.63, 3.8) is 0 Å². The van der Waals surface area contributed by atoms with Gasteiger partial charge in [-0.2, -0.15) is 0 Å². The van der Waals surface area contributed by atoms with Gasteiger partial charge in [-0.1, -0.05) is 44.2 Å². The smallest absolute Gasteiger partial charge is 0.240 e. The first-order valence-electron chi connectivity index (χ1n) is 9.40. The molecular weight excluding hydrogens is 298 g/mol. The highest BCUT2D eigenvalue weighted by Crippen LogP contribution is 2.30. The molecule has 2 aliphatic rings. The molecule has 2 atom stereocenters. The number of rotatable bonds is 7. The second kappa shape index (κ2) is 7.66. The number of carbonyl (C=O) groups excluding carboxylic acids is 1. The van der Waals surface area contributed by atoms with Gasteiger partial charge in [0.1, 0.15) is 0 Å². The molecule has 1 aliphatic carbocycles. The van der Waals surface area contributed by atoms with Gasteiger partial charge >= 0.3 is 0 Å². The number of nitrogens with two attached hydrogens (primary N) is 1. The molecular formula is C20H31N3O. The Morgan fingerprint density at radius 2 is 1.96 bits per heavy atom. The van der Waals surface area contributed by atoms with Crippen molar-refractivity contribution in [3.05, 3.63) is 35.9 Å². The maximum absolute atomic E-state index is 12.7. The minimum absolute atomic E-state index is 0.142. The van der Waals surface area contributed by atoms with Crippen molar-refractivity contribution in [2.24, 2.45) is 11.7 Å². The van der Waals surface area contributed by atoms with Crippen molar-refractivity contribution in [2.45, 2.75) is 64.2 Å². The SMILES string of the molecule is CC(C)[C@H](N)C(=O)N1CCCC1CN(Cc1ccccc1)C1CC1. The first kappa shape index (κ1) is 17.4. The summed E-state index contributed by atoms with van der Waals surface area (Å²) in [6, 6.07) is 11.3. The molecule has 0 radical (unpaired) electrons. The zero-order valence-electron chi connectivity index (χ0n) is 15.0. The lowest BCUT2D eigenvalue weighted by Crippen LogP contribution is -2.51. The van der Waals surface area contributed by atoms with E-state index >= 15 is 0 Å². The fourth-order valence-corrected chi connectivity index (χ4v) is 3.66. The quantitative estimate of drug-likeness (QED) is 0.836. The maximum Gasteiger partial charge on any atom is 0.240 e. The van der Waals surface area contributed by atoms with E-state index in [0.29, 0.717) is 12.1 Å². The van der Waals surface area contributed by atoms with Crippen molar-refractivity contribution in [2.75, 3.05) is 13.1 Å². The summed E-state index contributed by atoms with van der Waals surface area (Å²) in [6.07, 6.45) is 4.79. The Hall–Kier alpha value is -1.39. The summed E-state index contributed by atoms with van der Waals surface area (Å²) in [6.45, 7) is 6.89. The van der Waals surface area contributed by atoms with Gasteiger partial charge in [-0.15, -0.1) is 0 Å². The predicted molar refractivity (Wildman–Crippen MR) is 97.4 cm³/mol. The zero-order chi connectivity index (χ0) is 17.1. The minimum Gasteiger partial charge on any atom is -0.337 e. The van der Waals surface area contributed by atoms with Crippen molar-refractivity contribution in [3.8, 4) is 0 Å². The van der Waals surface area contributed by atoms with Crippen LogP contribution >= 0.6 is 0 Å². The third-order valence-corrected chi connectivity index (χ3v) is 5.40. The summed E-state index contributed by atoms with van der Waals surface area (Å²) in [7, 11) is 0. The minimum atomic E-state index is -0.367. The average molecular weight is 329 g/mol. The van der Waals surface area contributed by atoms with Gasteiger partial charge in [0.25, 0.3) is 0 Å². The van der Waals surface area contributed by atoms with Crippen LogP contribution in [-0.4, -0.2) is 46.9 Å². The van der Waals surface area contributed by atoms with E-state index in [1.54, 1.807) is 0 Å². The lowest BCUT2D eigenvalue weighted by atomic mass is 10.0. The van der Waals surface area contributed by atoms with E-state index in [4.69, 9.17) is 5.73 Å². The van der Waals surface area contributed by atoms with Crippen LogP contribution in [0.5, 0.6) is 0 Å². The highest BCUT2D eigenvalue weighted by atomic mass is 16.2. The van der Waals surface area contributed by atoms with Crippen molar-refractivity contribution in [1.82, 2.24) is 9.80 Å². The van der Waals surface area contributed by atoms with Gasteiger partial charge in [0, 0.05) is 31.7 Å². The molecule has 0 spiro atoms. The topological polar surface area (TPSA) is 49.6 Å². The van der Waals surface area contributed by atoms with E-state index in [1.165, 1.54) is 18.4 Å². The summed E-state index contributed by atoms with van der Waals surface area (Å²) in [5.74, 6) is 0.338. The van der Waals surface area contributed by atoms with Gasteiger partial charge in [0.2, 0.25) is 5.91 Å². The molecule has 4 heteroatoms. The highest BCUT2D eigenvalue weighted by molar-refractivity contribution is 5.82. The third kappa shape index (κ3) is 4.17. The Balaban J connectivity index is 1.64. The normalized spacial score (nSPS) is 22.4. The van der Waals surface area contributed by atoms with Gasteiger partial charge in [-0.05, 0) is 37.2 Å². The number of carbonyl (C=O) groups is 1. The van der Waals surface area contributed by atoms with Crippen LogP contribution in [0, 0.1) is 5.92 Å². The molecule has 0 aromatic heterocycles. The van der Waals surface area contributed by atoms with E-state index in [0.717, 1.165) is 32.5 Å². The Morgan fingerprint density at radius 3 is 2.58 bits per heavy atom. The van der Waals surface area contributed by atoms with Crippen molar-refractivity contribution >= 4 is 5.91 Å². The Kier molecular flexibility index (Phi) is 5.57. The van der Waals surface area contributed by atoms with E-state index in [-0.39, 0.29) is 17.9 Å². The van der Waals surface area contributed by atoms with Gasteiger partial charge in [-0.25, -0.2) is 0 Å². The number of nitrogens with zero attached hydrogens (tertiary/aromatic N) is 2. The first-order chi connectivity index (χ1) is 11.6. The zero-order valence-corrected chi connectivity index (χ0v) is 15.0. The molecule has 4 nitrogen and oxygen atoms in total. The number of amides is 1. The molecule has 1 aromatic carbocycles. The van der Waals surface area contributed by atoms with Crippen molar-refractivity contribution < 1.29 is 4.79 Å². The van der Waals surface area contributed by atoms with Gasteiger partial charge in [0.15, 0.2) is 0 Å². The molecule has 24 heavy (non-hydrogen) atoms. The molecule has 132 valence electrons. The Bertz CT molecular complexity index is 541. The number of benzene rings is 1. The molecule has 1 saturated carbocycles. The van der Waals surface area contributed by atoms with E-state index in [9.17, 15) is 4.79 Å². The summed E-state index contributed by atoms with van der Waals surface area (Å²) in [5.41, 5.74) is 7.48.